The molecule has 0 aromatic carbocycles. The molecule has 0 aliphatic heterocycles. The summed E-state index contributed by atoms with van der Waals surface area (Å²) >= 11 is 0. The van der Waals surface area contributed by atoms with E-state index in [2.05, 4.69) is 75.5 Å². The minimum absolute atomic E-state index is 0. The predicted octanol–water partition coefficient (Wildman–Crippen LogP) is 5.92. The summed E-state index contributed by atoms with van der Waals surface area (Å²) in [7, 11) is 1.96. The largest absolute Gasteiger partial charge is 0.335 e. The second-order valence-corrected chi connectivity index (χ2v) is 9.28. The number of aryl methyl sites for hydroxylation is 4. The van der Waals surface area contributed by atoms with Gasteiger partial charge in [-0.15, -0.1) is 0 Å². The van der Waals surface area contributed by atoms with Crippen molar-refractivity contribution in [3.63, 3.8) is 0 Å². The molecule has 2 rings (SSSR count). The molecule has 0 spiro atoms. The summed E-state index contributed by atoms with van der Waals surface area (Å²) < 4.78 is 4.11. The first-order valence-electron chi connectivity index (χ1n) is 9.48. The molecule has 150 valence electrons. The van der Waals surface area contributed by atoms with Crippen LogP contribution in [0.1, 0.15) is 80.1 Å². The summed E-state index contributed by atoms with van der Waals surface area (Å²) in [5, 5.41) is 4.13. The van der Waals surface area contributed by atoms with Gasteiger partial charge in [0.05, 0.1) is 6.20 Å². The highest BCUT2D eigenvalue weighted by Gasteiger charge is 2.11. The third kappa shape index (κ3) is 10.4. The first kappa shape index (κ1) is 24.4. The Hall–Kier alpha value is -1.58. The van der Waals surface area contributed by atoms with Crippen LogP contribution in [0.5, 0.6) is 0 Å². The molecule has 0 aliphatic carbocycles. The fourth-order valence-electron chi connectivity index (χ4n) is 2.43. The average molecular weight is 363 g/mol. The molecule has 0 saturated heterocycles. The maximum Gasteiger partial charge on any atom is 0.108 e. The molecular formula is C22H42N4. The van der Waals surface area contributed by atoms with Crippen molar-refractivity contribution in [2.45, 2.75) is 88.1 Å². The zero-order chi connectivity index (χ0) is 19.1. The number of hydrogen-bond acceptors (Lipinski definition) is 2. The Balaban J connectivity index is 0.000000464. The van der Waals surface area contributed by atoms with Crippen molar-refractivity contribution in [3.05, 3.63) is 36.2 Å². The van der Waals surface area contributed by atoms with Crippen molar-refractivity contribution in [2.24, 2.45) is 17.9 Å². The van der Waals surface area contributed by atoms with Crippen molar-refractivity contribution in [2.75, 3.05) is 0 Å². The van der Waals surface area contributed by atoms with E-state index in [1.165, 1.54) is 24.2 Å². The normalized spacial score (nSPS) is 11.5. The average Bonchev–Trinajstić information content (AvgIpc) is 3.10. The molecule has 0 fully saturated rings. The molecule has 0 unspecified atom stereocenters. The van der Waals surface area contributed by atoms with Gasteiger partial charge in [0.25, 0.3) is 0 Å². The number of rotatable bonds is 5. The lowest BCUT2D eigenvalue weighted by Gasteiger charge is -2.18. The van der Waals surface area contributed by atoms with Crippen LogP contribution < -0.4 is 0 Å². The monoisotopic (exact) mass is 362 g/mol. The molecule has 0 N–H and O–H groups in total. The smallest absolute Gasteiger partial charge is 0.108 e. The third-order valence-electron chi connectivity index (χ3n) is 4.14. The van der Waals surface area contributed by atoms with Gasteiger partial charge in [-0.05, 0) is 35.7 Å². The Kier molecular flexibility index (Phi) is 9.90. The van der Waals surface area contributed by atoms with Crippen LogP contribution in [-0.2, 0) is 26.4 Å². The van der Waals surface area contributed by atoms with Crippen LogP contribution in [0.2, 0.25) is 0 Å². The summed E-state index contributed by atoms with van der Waals surface area (Å²) in [6, 6.07) is 0. The summed E-state index contributed by atoms with van der Waals surface area (Å²) in [6.07, 6.45) is 12.6. The van der Waals surface area contributed by atoms with Gasteiger partial charge in [0.15, 0.2) is 0 Å². The minimum atomic E-state index is 0. The molecule has 0 saturated carbocycles. The van der Waals surface area contributed by atoms with Gasteiger partial charge in [0.2, 0.25) is 0 Å². The van der Waals surface area contributed by atoms with Gasteiger partial charge in [-0.1, -0.05) is 55.9 Å². The van der Waals surface area contributed by atoms with E-state index in [9.17, 15) is 0 Å². The van der Waals surface area contributed by atoms with E-state index in [0.717, 1.165) is 19.4 Å². The molecule has 2 aromatic heterocycles. The van der Waals surface area contributed by atoms with Crippen LogP contribution in [-0.4, -0.2) is 19.3 Å². The van der Waals surface area contributed by atoms with E-state index in [-0.39, 0.29) is 7.43 Å². The Morgan fingerprint density at radius 2 is 1.62 bits per heavy atom. The molecule has 26 heavy (non-hydrogen) atoms. The maximum absolute atomic E-state index is 4.30. The van der Waals surface area contributed by atoms with Crippen molar-refractivity contribution in [1.82, 2.24) is 19.3 Å². The second kappa shape index (κ2) is 10.5. The van der Waals surface area contributed by atoms with E-state index < -0.39 is 0 Å². The molecule has 0 radical (unpaired) electrons. The molecule has 0 bridgehead atoms. The van der Waals surface area contributed by atoms with Gasteiger partial charge in [-0.2, -0.15) is 5.10 Å². The van der Waals surface area contributed by atoms with Gasteiger partial charge in [-0.3, -0.25) is 4.68 Å². The van der Waals surface area contributed by atoms with Gasteiger partial charge < -0.3 is 4.57 Å². The fraction of sp³-hybridized carbons (Fsp3) is 0.727. The van der Waals surface area contributed by atoms with Crippen LogP contribution in [0.3, 0.4) is 0 Å². The SMILES string of the molecule is C.CCc1nccn1CCC(C)(C)C.Cn1cc(CCC(C)(C)C)cn1. The zero-order valence-corrected chi connectivity index (χ0v) is 17.6. The second-order valence-electron chi connectivity index (χ2n) is 9.28. The van der Waals surface area contributed by atoms with E-state index in [1.54, 1.807) is 0 Å². The van der Waals surface area contributed by atoms with Crippen LogP contribution >= 0.6 is 0 Å². The van der Waals surface area contributed by atoms with Crippen LogP contribution in [0.15, 0.2) is 24.8 Å². The Morgan fingerprint density at radius 3 is 2.08 bits per heavy atom. The van der Waals surface area contributed by atoms with Gasteiger partial charge in [-0.25, -0.2) is 4.98 Å². The van der Waals surface area contributed by atoms with Crippen LogP contribution in [0.4, 0.5) is 0 Å². The maximum atomic E-state index is 4.30. The number of aromatic nitrogens is 4. The van der Waals surface area contributed by atoms with Gasteiger partial charge in [0.1, 0.15) is 5.82 Å². The lowest BCUT2D eigenvalue weighted by atomic mass is 9.89. The molecule has 0 amide bonds. The first-order chi connectivity index (χ1) is 11.5. The van der Waals surface area contributed by atoms with Crippen molar-refractivity contribution in [3.8, 4) is 0 Å². The quantitative estimate of drug-likeness (QED) is 0.662. The standard InChI is InChI=1S/C11H20N2.C10H18N2.CH4/c1-5-10-12-7-9-13(10)8-6-11(2,3)4;1-10(2,3)6-5-9-7-11-12(4)8-9;/h7,9H,5-6,8H2,1-4H3;7-8H,5-6H2,1-4H3;1H4. The molecule has 4 nitrogen and oxygen atoms in total. The van der Waals surface area contributed by atoms with E-state index in [4.69, 9.17) is 0 Å². The molecule has 0 atom stereocenters. The van der Waals surface area contributed by atoms with Crippen molar-refractivity contribution >= 4 is 0 Å². The molecule has 0 aliphatic rings. The van der Waals surface area contributed by atoms with Gasteiger partial charge in [0, 0.05) is 38.6 Å². The Labute approximate surface area is 162 Å². The number of hydrogen-bond donors (Lipinski definition) is 0. The highest BCUT2D eigenvalue weighted by atomic mass is 15.2. The van der Waals surface area contributed by atoms with Crippen LogP contribution in [0, 0.1) is 10.8 Å². The van der Waals surface area contributed by atoms with E-state index in [0.29, 0.717) is 10.8 Å². The van der Waals surface area contributed by atoms with E-state index >= 15 is 0 Å². The highest BCUT2D eigenvalue weighted by Crippen LogP contribution is 2.21. The first-order valence-corrected chi connectivity index (χ1v) is 9.48. The van der Waals surface area contributed by atoms with Crippen molar-refractivity contribution < 1.29 is 0 Å². The fourth-order valence-corrected chi connectivity index (χ4v) is 2.43. The molecule has 2 aromatic rings. The Bertz CT molecular complexity index is 609. The topological polar surface area (TPSA) is 35.6 Å². The summed E-state index contributed by atoms with van der Waals surface area (Å²) in [4.78, 5) is 4.30. The van der Waals surface area contributed by atoms with E-state index in [1.807, 2.05) is 24.1 Å². The summed E-state index contributed by atoms with van der Waals surface area (Å²) in [5.74, 6) is 1.20. The van der Waals surface area contributed by atoms with Crippen molar-refractivity contribution in [1.29, 1.82) is 0 Å². The van der Waals surface area contributed by atoms with Crippen LogP contribution in [0.25, 0.3) is 0 Å². The zero-order valence-electron chi connectivity index (χ0n) is 17.6. The lowest BCUT2D eigenvalue weighted by Crippen LogP contribution is -2.11. The van der Waals surface area contributed by atoms with Gasteiger partial charge >= 0.3 is 0 Å². The Morgan fingerprint density at radius 1 is 1.00 bits per heavy atom. The summed E-state index contributed by atoms with van der Waals surface area (Å²) in [6.45, 7) is 16.9. The minimum Gasteiger partial charge on any atom is -0.335 e. The predicted molar refractivity (Wildman–Crippen MR) is 113 cm³/mol. The molecule has 2 heterocycles. The molecule has 4 heteroatoms. The molecular weight excluding hydrogens is 320 g/mol. The highest BCUT2D eigenvalue weighted by molar-refractivity contribution is 5.03. The number of nitrogens with zero attached hydrogens (tertiary/aromatic N) is 4. The lowest BCUT2D eigenvalue weighted by molar-refractivity contribution is 0.348. The number of imidazole rings is 1. The summed E-state index contributed by atoms with van der Waals surface area (Å²) in [5.41, 5.74) is 2.18. The third-order valence-corrected chi connectivity index (χ3v) is 4.14.